The van der Waals surface area contributed by atoms with E-state index >= 15 is 0 Å². The number of benzene rings is 1. The number of carbonyl (C=O) groups is 1. The summed E-state index contributed by atoms with van der Waals surface area (Å²) in [5.74, 6) is -0.252. The number of hydrogen-bond donors (Lipinski definition) is 1. The standard InChI is InChI=1S/C19H24N2O2S/c1-13-18(20-14(2)24-13)12-21-9-7-15(8-10-21)11-16-5-3-4-6-17(16)19(22)23/h3-6,15H,7-12H2,1-2H3,(H,22,23). The summed E-state index contributed by atoms with van der Waals surface area (Å²) in [6.45, 7) is 7.28. The first kappa shape index (κ1) is 17.1. The van der Waals surface area contributed by atoms with E-state index in [-0.39, 0.29) is 0 Å². The Morgan fingerprint density at radius 1 is 1.29 bits per heavy atom. The number of hydrogen-bond acceptors (Lipinski definition) is 4. The lowest BCUT2D eigenvalue weighted by molar-refractivity contribution is 0.0695. The first-order valence-electron chi connectivity index (χ1n) is 8.49. The Hall–Kier alpha value is -1.72. The number of carboxylic acids is 1. The van der Waals surface area contributed by atoms with E-state index in [2.05, 4.69) is 23.7 Å². The molecule has 1 aliphatic rings. The average Bonchev–Trinajstić information content (AvgIpc) is 2.87. The second-order valence-electron chi connectivity index (χ2n) is 6.62. The molecule has 1 aliphatic heterocycles. The van der Waals surface area contributed by atoms with Crippen LogP contribution in [-0.4, -0.2) is 34.0 Å². The minimum atomic E-state index is -0.822. The number of aryl methyl sites for hydroxylation is 2. The number of piperidine rings is 1. The number of carboxylic acid groups (broad SMARTS) is 1. The van der Waals surface area contributed by atoms with E-state index in [0.29, 0.717) is 11.5 Å². The number of rotatable bonds is 5. The molecule has 1 aromatic heterocycles. The number of nitrogens with zero attached hydrogens (tertiary/aromatic N) is 2. The van der Waals surface area contributed by atoms with Crippen molar-refractivity contribution in [3.8, 4) is 0 Å². The first-order chi connectivity index (χ1) is 11.5. The quantitative estimate of drug-likeness (QED) is 0.893. The zero-order chi connectivity index (χ0) is 17.1. The van der Waals surface area contributed by atoms with Crippen LogP contribution in [-0.2, 0) is 13.0 Å². The summed E-state index contributed by atoms with van der Waals surface area (Å²) in [6.07, 6.45) is 3.11. The normalized spacial score (nSPS) is 16.4. The number of aromatic nitrogens is 1. The molecule has 0 unspecified atom stereocenters. The highest BCUT2D eigenvalue weighted by Gasteiger charge is 2.22. The molecule has 0 bridgehead atoms. The molecular formula is C19H24N2O2S. The van der Waals surface area contributed by atoms with Gasteiger partial charge in [0.15, 0.2) is 0 Å². The van der Waals surface area contributed by atoms with E-state index in [9.17, 15) is 9.90 Å². The van der Waals surface area contributed by atoms with E-state index in [4.69, 9.17) is 0 Å². The molecule has 1 fully saturated rings. The SMILES string of the molecule is Cc1nc(CN2CCC(Cc3ccccc3C(=O)O)CC2)c(C)s1. The third-order valence-electron chi connectivity index (χ3n) is 4.84. The zero-order valence-electron chi connectivity index (χ0n) is 14.3. The summed E-state index contributed by atoms with van der Waals surface area (Å²) in [5, 5.41) is 10.5. The molecule has 1 aromatic carbocycles. The molecule has 2 heterocycles. The lowest BCUT2D eigenvalue weighted by Gasteiger charge is -2.31. The average molecular weight is 344 g/mol. The predicted molar refractivity (Wildman–Crippen MR) is 96.7 cm³/mol. The van der Waals surface area contributed by atoms with Crippen molar-refractivity contribution in [3.05, 3.63) is 51.0 Å². The molecular weight excluding hydrogens is 320 g/mol. The largest absolute Gasteiger partial charge is 0.478 e. The Bertz CT molecular complexity index is 718. The Balaban J connectivity index is 1.56. The van der Waals surface area contributed by atoms with Gasteiger partial charge < -0.3 is 5.11 Å². The Morgan fingerprint density at radius 3 is 2.62 bits per heavy atom. The third-order valence-corrected chi connectivity index (χ3v) is 5.76. The van der Waals surface area contributed by atoms with Gasteiger partial charge >= 0.3 is 5.97 Å². The van der Waals surface area contributed by atoms with Crippen molar-refractivity contribution < 1.29 is 9.90 Å². The molecule has 128 valence electrons. The van der Waals surface area contributed by atoms with Crippen molar-refractivity contribution in [1.82, 2.24) is 9.88 Å². The predicted octanol–water partition coefficient (Wildman–Crippen LogP) is 3.91. The van der Waals surface area contributed by atoms with Gasteiger partial charge in [-0.3, -0.25) is 4.90 Å². The molecule has 4 nitrogen and oxygen atoms in total. The van der Waals surface area contributed by atoms with Crippen molar-refractivity contribution >= 4 is 17.3 Å². The van der Waals surface area contributed by atoms with Gasteiger partial charge in [0.2, 0.25) is 0 Å². The molecule has 5 heteroatoms. The van der Waals surface area contributed by atoms with Gasteiger partial charge in [0.25, 0.3) is 0 Å². The van der Waals surface area contributed by atoms with Crippen molar-refractivity contribution in [2.24, 2.45) is 5.92 Å². The molecule has 0 amide bonds. The van der Waals surface area contributed by atoms with Crippen LogP contribution in [0.25, 0.3) is 0 Å². The molecule has 1 saturated heterocycles. The highest BCUT2D eigenvalue weighted by molar-refractivity contribution is 7.11. The van der Waals surface area contributed by atoms with Crippen LogP contribution in [0.5, 0.6) is 0 Å². The van der Waals surface area contributed by atoms with Crippen molar-refractivity contribution in [2.75, 3.05) is 13.1 Å². The van der Waals surface area contributed by atoms with Crippen molar-refractivity contribution in [1.29, 1.82) is 0 Å². The van der Waals surface area contributed by atoms with E-state index in [1.807, 2.05) is 12.1 Å². The van der Waals surface area contributed by atoms with Gasteiger partial charge in [0.1, 0.15) is 0 Å². The van der Waals surface area contributed by atoms with Gasteiger partial charge in [-0.1, -0.05) is 18.2 Å². The Labute approximate surface area is 147 Å². The molecule has 3 rings (SSSR count). The summed E-state index contributed by atoms with van der Waals surface area (Å²) in [6, 6.07) is 7.40. The lowest BCUT2D eigenvalue weighted by atomic mass is 9.88. The molecule has 0 aliphatic carbocycles. The van der Waals surface area contributed by atoms with Crippen LogP contribution >= 0.6 is 11.3 Å². The van der Waals surface area contributed by atoms with Crippen LogP contribution in [0.3, 0.4) is 0 Å². The topological polar surface area (TPSA) is 53.4 Å². The fourth-order valence-electron chi connectivity index (χ4n) is 3.50. The van der Waals surface area contributed by atoms with Gasteiger partial charge in [-0.05, 0) is 63.7 Å². The van der Waals surface area contributed by atoms with E-state index < -0.39 is 5.97 Å². The number of aromatic carboxylic acids is 1. The highest BCUT2D eigenvalue weighted by atomic mass is 32.1. The number of thiazole rings is 1. The monoisotopic (exact) mass is 344 g/mol. The summed E-state index contributed by atoms with van der Waals surface area (Å²) in [5.41, 5.74) is 2.63. The van der Waals surface area contributed by atoms with Gasteiger partial charge in [0.05, 0.1) is 16.3 Å². The Morgan fingerprint density at radius 2 is 2.00 bits per heavy atom. The van der Waals surface area contributed by atoms with Crippen LogP contribution in [0.1, 0.15) is 44.3 Å². The maximum Gasteiger partial charge on any atom is 0.335 e. The molecule has 1 N–H and O–H groups in total. The minimum Gasteiger partial charge on any atom is -0.478 e. The molecule has 24 heavy (non-hydrogen) atoms. The lowest BCUT2D eigenvalue weighted by Crippen LogP contribution is -2.34. The van der Waals surface area contributed by atoms with Crippen molar-refractivity contribution in [3.63, 3.8) is 0 Å². The third kappa shape index (κ3) is 4.02. The summed E-state index contributed by atoms with van der Waals surface area (Å²) in [4.78, 5) is 19.8. The Kier molecular flexibility index (Phi) is 5.31. The van der Waals surface area contributed by atoms with Crippen LogP contribution in [0.2, 0.25) is 0 Å². The maximum absolute atomic E-state index is 11.3. The summed E-state index contributed by atoms with van der Waals surface area (Å²) >= 11 is 1.77. The zero-order valence-corrected chi connectivity index (χ0v) is 15.1. The maximum atomic E-state index is 11.3. The second-order valence-corrected chi connectivity index (χ2v) is 8.03. The molecule has 0 atom stereocenters. The van der Waals surface area contributed by atoms with E-state index in [0.717, 1.165) is 49.5 Å². The second kappa shape index (κ2) is 7.45. The fourth-order valence-corrected chi connectivity index (χ4v) is 4.32. The van der Waals surface area contributed by atoms with Crippen molar-refractivity contribution in [2.45, 2.75) is 39.7 Å². The molecule has 2 aromatic rings. The molecule has 0 saturated carbocycles. The summed E-state index contributed by atoms with van der Waals surface area (Å²) in [7, 11) is 0. The van der Waals surface area contributed by atoms with E-state index in [1.165, 1.54) is 10.6 Å². The highest BCUT2D eigenvalue weighted by Crippen LogP contribution is 2.25. The summed E-state index contributed by atoms with van der Waals surface area (Å²) < 4.78 is 0. The van der Waals surface area contributed by atoms with Crippen LogP contribution in [0, 0.1) is 19.8 Å². The smallest absolute Gasteiger partial charge is 0.335 e. The van der Waals surface area contributed by atoms with Gasteiger partial charge in [0, 0.05) is 11.4 Å². The van der Waals surface area contributed by atoms with Gasteiger partial charge in [-0.2, -0.15) is 0 Å². The van der Waals surface area contributed by atoms with Crippen LogP contribution < -0.4 is 0 Å². The number of likely N-dealkylation sites (tertiary alicyclic amines) is 1. The fraction of sp³-hybridized carbons (Fsp3) is 0.474. The van der Waals surface area contributed by atoms with E-state index in [1.54, 1.807) is 23.5 Å². The van der Waals surface area contributed by atoms with Crippen LogP contribution in [0.4, 0.5) is 0 Å². The minimum absolute atomic E-state index is 0.452. The first-order valence-corrected chi connectivity index (χ1v) is 9.31. The molecule has 0 radical (unpaired) electrons. The van der Waals surface area contributed by atoms with Gasteiger partial charge in [-0.25, -0.2) is 9.78 Å². The van der Waals surface area contributed by atoms with Gasteiger partial charge in [-0.15, -0.1) is 11.3 Å². The van der Waals surface area contributed by atoms with Crippen LogP contribution in [0.15, 0.2) is 24.3 Å². The molecule has 0 spiro atoms.